The first-order valence-corrected chi connectivity index (χ1v) is 6.60. The molecule has 0 fully saturated rings. The second kappa shape index (κ2) is 6.54. The highest BCUT2D eigenvalue weighted by Gasteiger charge is 2.04. The summed E-state index contributed by atoms with van der Waals surface area (Å²) in [7, 11) is 0. The maximum atomic E-state index is 11.7. The van der Waals surface area contributed by atoms with Gasteiger partial charge in [-0.25, -0.2) is 4.98 Å². The molecule has 0 aliphatic heterocycles. The number of nitrogens with zero attached hydrogens (tertiary/aromatic N) is 1. The van der Waals surface area contributed by atoms with Gasteiger partial charge in [0.1, 0.15) is 10.9 Å². The van der Waals surface area contributed by atoms with Crippen LogP contribution in [0.15, 0.2) is 47.1 Å². The monoisotopic (exact) mass is 340 g/mol. The summed E-state index contributed by atoms with van der Waals surface area (Å²) >= 11 is 9.05. The zero-order chi connectivity index (χ0) is 13.7. The molecule has 0 saturated heterocycles. The van der Waals surface area contributed by atoms with Gasteiger partial charge in [0.2, 0.25) is 0 Å². The van der Waals surface area contributed by atoms with Gasteiger partial charge in [-0.3, -0.25) is 4.79 Å². The van der Waals surface area contributed by atoms with E-state index in [-0.39, 0.29) is 12.5 Å². The Bertz CT molecular complexity index is 592. The van der Waals surface area contributed by atoms with Gasteiger partial charge in [-0.15, -0.1) is 0 Å². The molecule has 1 amide bonds. The standard InChI is InChI=1S/C13H10BrClN2O2/c14-9-2-1-3-11(6-9)19-8-13(18)17-10-4-5-16-12(15)7-10/h1-7H,8H2,(H,16,17,18). The van der Waals surface area contributed by atoms with E-state index in [4.69, 9.17) is 16.3 Å². The van der Waals surface area contributed by atoms with Crippen LogP contribution in [-0.4, -0.2) is 17.5 Å². The van der Waals surface area contributed by atoms with Crippen molar-refractivity contribution in [2.75, 3.05) is 11.9 Å². The topological polar surface area (TPSA) is 51.2 Å². The smallest absolute Gasteiger partial charge is 0.262 e. The number of halogens is 2. The Balaban J connectivity index is 1.88. The van der Waals surface area contributed by atoms with Crippen LogP contribution in [0.2, 0.25) is 5.15 Å². The van der Waals surface area contributed by atoms with E-state index in [2.05, 4.69) is 26.2 Å². The normalized spacial score (nSPS) is 10.0. The Morgan fingerprint density at radius 1 is 1.37 bits per heavy atom. The molecule has 0 saturated carbocycles. The Kier molecular flexibility index (Phi) is 4.76. The summed E-state index contributed by atoms with van der Waals surface area (Å²) in [4.78, 5) is 15.5. The van der Waals surface area contributed by atoms with Gasteiger partial charge in [-0.2, -0.15) is 0 Å². The minimum atomic E-state index is -0.262. The van der Waals surface area contributed by atoms with E-state index in [9.17, 15) is 4.79 Å². The lowest BCUT2D eigenvalue weighted by Crippen LogP contribution is -2.20. The Hall–Kier alpha value is -1.59. The summed E-state index contributed by atoms with van der Waals surface area (Å²) in [5, 5.41) is 2.99. The second-order valence-electron chi connectivity index (χ2n) is 3.66. The van der Waals surface area contributed by atoms with Crippen molar-refractivity contribution in [2.45, 2.75) is 0 Å². The number of amides is 1. The summed E-state index contributed by atoms with van der Waals surface area (Å²) in [6.07, 6.45) is 1.52. The first kappa shape index (κ1) is 13.8. The second-order valence-corrected chi connectivity index (χ2v) is 4.96. The quantitative estimate of drug-likeness (QED) is 0.866. The lowest BCUT2D eigenvalue weighted by molar-refractivity contribution is -0.118. The van der Waals surface area contributed by atoms with Crippen molar-refractivity contribution in [1.29, 1.82) is 0 Å². The average Bonchev–Trinajstić information content (AvgIpc) is 2.36. The third kappa shape index (κ3) is 4.54. The van der Waals surface area contributed by atoms with Crippen molar-refractivity contribution < 1.29 is 9.53 Å². The van der Waals surface area contributed by atoms with Gasteiger partial charge >= 0.3 is 0 Å². The zero-order valence-corrected chi connectivity index (χ0v) is 12.1. The first-order valence-electron chi connectivity index (χ1n) is 5.43. The van der Waals surface area contributed by atoms with Crippen LogP contribution < -0.4 is 10.1 Å². The predicted molar refractivity (Wildman–Crippen MR) is 77.5 cm³/mol. The SMILES string of the molecule is O=C(COc1cccc(Br)c1)Nc1ccnc(Cl)c1. The van der Waals surface area contributed by atoms with Crippen molar-refractivity contribution in [3.05, 3.63) is 52.2 Å². The Labute approximate surface area is 123 Å². The molecule has 98 valence electrons. The van der Waals surface area contributed by atoms with Crippen LogP contribution >= 0.6 is 27.5 Å². The van der Waals surface area contributed by atoms with Crippen LogP contribution in [-0.2, 0) is 4.79 Å². The summed E-state index contributed by atoms with van der Waals surface area (Å²) in [5.74, 6) is 0.361. The molecule has 0 atom stereocenters. The van der Waals surface area contributed by atoms with Crippen molar-refractivity contribution in [3.63, 3.8) is 0 Å². The summed E-state index contributed by atoms with van der Waals surface area (Å²) in [5.41, 5.74) is 0.586. The highest BCUT2D eigenvalue weighted by Crippen LogP contribution is 2.17. The van der Waals surface area contributed by atoms with Gasteiger partial charge in [-0.1, -0.05) is 33.6 Å². The lowest BCUT2D eigenvalue weighted by Gasteiger charge is -2.07. The van der Waals surface area contributed by atoms with E-state index in [1.165, 1.54) is 6.20 Å². The van der Waals surface area contributed by atoms with Crippen molar-refractivity contribution in [3.8, 4) is 5.75 Å². The number of ether oxygens (including phenoxy) is 1. The molecule has 0 aliphatic carbocycles. The molecule has 1 N–H and O–H groups in total. The molecule has 0 aliphatic rings. The largest absolute Gasteiger partial charge is 0.484 e. The van der Waals surface area contributed by atoms with Crippen molar-refractivity contribution >= 4 is 39.1 Å². The highest BCUT2D eigenvalue weighted by atomic mass is 79.9. The first-order chi connectivity index (χ1) is 9.13. The fourth-order valence-electron chi connectivity index (χ4n) is 1.38. The van der Waals surface area contributed by atoms with Crippen LogP contribution in [0.3, 0.4) is 0 Å². The maximum absolute atomic E-state index is 11.7. The fourth-order valence-corrected chi connectivity index (χ4v) is 1.94. The highest BCUT2D eigenvalue weighted by molar-refractivity contribution is 9.10. The molecule has 2 aromatic rings. The van der Waals surface area contributed by atoms with Crippen LogP contribution in [0.4, 0.5) is 5.69 Å². The molecule has 1 heterocycles. The number of carbonyl (C=O) groups is 1. The Morgan fingerprint density at radius 3 is 2.95 bits per heavy atom. The summed E-state index contributed by atoms with van der Waals surface area (Å²) < 4.78 is 6.26. The van der Waals surface area contributed by atoms with Gasteiger partial charge in [-0.05, 0) is 30.3 Å². The van der Waals surface area contributed by atoms with Crippen LogP contribution in [0.5, 0.6) is 5.75 Å². The molecular weight excluding hydrogens is 332 g/mol. The minimum Gasteiger partial charge on any atom is -0.484 e. The molecule has 1 aromatic carbocycles. The molecule has 0 spiro atoms. The number of carbonyl (C=O) groups excluding carboxylic acids is 1. The van der Waals surface area contributed by atoms with Gasteiger partial charge in [0, 0.05) is 16.4 Å². The average molecular weight is 342 g/mol. The van der Waals surface area contributed by atoms with Gasteiger partial charge in [0.25, 0.3) is 5.91 Å². The van der Waals surface area contributed by atoms with Crippen molar-refractivity contribution in [2.24, 2.45) is 0 Å². The van der Waals surface area contributed by atoms with E-state index < -0.39 is 0 Å². The molecule has 4 nitrogen and oxygen atoms in total. The number of hydrogen-bond acceptors (Lipinski definition) is 3. The number of anilines is 1. The predicted octanol–water partition coefficient (Wildman–Crippen LogP) is 3.52. The molecule has 1 aromatic heterocycles. The van der Waals surface area contributed by atoms with E-state index >= 15 is 0 Å². The van der Waals surface area contributed by atoms with Crippen LogP contribution in [0.1, 0.15) is 0 Å². The number of benzene rings is 1. The number of aromatic nitrogens is 1. The van der Waals surface area contributed by atoms with Crippen LogP contribution in [0.25, 0.3) is 0 Å². The van der Waals surface area contributed by atoms with Crippen LogP contribution in [0, 0.1) is 0 Å². The summed E-state index contributed by atoms with van der Waals surface area (Å²) in [6, 6.07) is 10.5. The van der Waals surface area contributed by atoms with Gasteiger partial charge in [0.05, 0.1) is 0 Å². The molecule has 0 bridgehead atoms. The molecule has 0 unspecified atom stereocenters. The lowest BCUT2D eigenvalue weighted by atomic mass is 10.3. The number of pyridine rings is 1. The van der Waals surface area contributed by atoms with Crippen molar-refractivity contribution in [1.82, 2.24) is 4.98 Å². The maximum Gasteiger partial charge on any atom is 0.262 e. The molecule has 19 heavy (non-hydrogen) atoms. The van der Waals surface area contributed by atoms with E-state index in [0.717, 1.165) is 4.47 Å². The third-order valence-corrected chi connectivity index (χ3v) is 2.88. The number of rotatable bonds is 4. The third-order valence-electron chi connectivity index (χ3n) is 2.18. The molecule has 6 heteroatoms. The van der Waals surface area contributed by atoms with Gasteiger partial charge in [0.15, 0.2) is 6.61 Å². The minimum absolute atomic E-state index is 0.0730. The molecule has 2 rings (SSSR count). The zero-order valence-electron chi connectivity index (χ0n) is 9.77. The molecular formula is C13H10BrClN2O2. The molecule has 0 radical (unpaired) electrons. The number of nitrogens with one attached hydrogen (secondary N) is 1. The van der Waals surface area contributed by atoms with E-state index in [0.29, 0.717) is 16.6 Å². The number of hydrogen-bond donors (Lipinski definition) is 1. The summed E-state index contributed by atoms with van der Waals surface area (Å²) in [6.45, 7) is -0.0730. The van der Waals surface area contributed by atoms with E-state index in [1.807, 2.05) is 12.1 Å². The fraction of sp³-hybridized carbons (Fsp3) is 0.0769. The Morgan fingerprint density at radius 2 is 2.21 bits per heavy atom. The van der Waals surface area contributed by atoms with Gasteiger partial charge < -0.3 is 10.1 Å². The van der Waals surface area contributed by atoms with E-state index in [1.54, 1.807) is 24.3 Å².